The van der Waals surface area contributed by atoms with Crippen molar-refractivity contribution in [2.75, 3.05) is 0 Å². The number of rotatable bonds is 3. The number of nitro benzene ring substituents is 1. The second-order valence-electron chi connectivity index (χ2n) is 2.98. The van der Waals surface area contributed by atoms with Gasteiger partial charge in [-0.05, 0) is 40.6 Å². The van der Waals surface area contributed by atoms with Gasteiger partial charge in [0.25, 0.3) is 5.69 Å². The van der Waals surface area contributed by atoms with E-state index >= 15 is 0 Å². The Morgan fingerprint density at radius 3 is 2.71 bits per heavy atom. The number of nitrogens with zero attached hydrogens (tertiary/aromatic N) is 1. The Bertz CT molecular complexity index is 355. The van der Waals surface area contributed by atoms with Gasteiger partial charge in [-0.3, -0.25) is 10.1 Å². The number of benzene rings is 1. The van der Waals surface area contributed by atoms with E-state index < -0.39 is 4.92 Å². The van der Waals surface area contributed by atoms with Gasteiger partial charge in [0, 0.05) is 21.7 Å². The zero-order valence-corrected chi connectivity index (χ0v) is 9.89. The maximum atomic E-state index is 10.5. The Morgan fingerprint density at radius 1 is 1.64 bits per heavy atom. The van der Waals surface area contributed by atoms with Gasteiger partial charge in [-0.2, -0.15) is 0 Å². The first-order chi connectivity index (χ1) is 6.56. The fourth-order valence-electron chi connectivity index (χ4n) is 1.15. The lowest BCUT2D eigenvalue weighted by Gasteiger charge is -2.10. The maximum Gasteiger partial charge on any atom is 0.270 e. The maximum absolute atomic E-state index is 10.5. The standard InChI is InChI=1S/C9H11IN2O2/c1-2-9(11)7-4-3-6(12(13)14)5-8(7)10/h3-5,9H,2,11H2,1H3/t9-/m0/s1. The summed E-state index contributed by atoms with van der Waals surface area (Å²) in [6.07, 6.45) is 0.827. The predicted octanol–water partition coefficient (Wildman–Crippen LogP) is 2.61. The molecule has 0 aromatic heterocycles. The van der Waals surface area contributed by atoms with Crippen LogP contribution in [0.25, 0.3) is 0 Å². The van der Waals surface area contributed by atoms with Gasteiger partial charge in [-0.1, -0.05) is 6.92 Å². The van der Waals surface area contributed by atoms with Crippen LogP contribution >= 0.6 is 22.6 Å². The summed E-state index contributed by atoms with van der Waals surface area (Å²) in [4.78, 5) is 10.1. The summed E-state index contributed by atoms with van der Waals surface area (Å²) in [5, 5.41) is 10.5. The Kier molecular flexibility index (Phi) is 3.82. The number of hydrogen-bond acceptors (Lipinski definition) is 3. The number of nitro groups is 1. The molecule has 0 bridgehead atoms. The minimum atomic E-state index is -0.399. The van der Waals surface area contributed by atoms with E-state index in [1.807, 2.05) is 6.92 Å². The van der Waals surface area contributed by atoms with Crippen LogP contribution in [0.1, 0.15) is 24.9 Å². The molecule has 5 heteroatoms. The molecule has 0 unspecified atom stereocenters. The van der Waals surface area contributed by atoms with E-state index in [-0.39, 0.29) is 11.7 Å². The van der Waals surface area contributed by atoms with Crippen molar-refractivity contribution in [3.8, 4) is 0 Å². The van der Waals surface area contributed by atoms with Crippen molar-refractivity contribution in [3.63, 3.8) is 0 Å². The largest absolute Gasteiger partial charge is 0.324 e. The van der Waals surface area contributed by atoms with Crippen molar-refractivity contribution in [2.45, 2.75) is 19.4 Å². The molecule has 0 radical (unpaired) electrons. The zero-order valence-electron chi connectivity index (χ0n) is 7.74. The van der Waals surface area contributed by atoms with Crippen LogP contribution in [0, 0.1) is 13.7 Å². The van der Waals surface area contributed by atoms with E-state index in [1.165, 1.54) is 6.07 Å². The molecule has 0 spiro atoms. The first kappa shape index (κ1) is 11.4. The quantitative estimate of drug-likeness (QED) is 0.530. The van der Waals surface area contributed by atoms with Gasteiger partial charge in [-0.15, -0.1) is 0 Å². The van der Waals surface area contributed by atoms with E-state index in [9.17, 15) is 10.1 Å². The molecular formula is C9H11IN2O2. The number of hydrogen-bond donors (Lipinski definition) is 1. The van der Waals surface area contributed by atoms with Crippen molar-refractivity contribution in [1.29, 1.82) is 0 Å². The summed E-state index contributed by atoms with van der Waals surface area (Å²) < 4.78 is 0.853. The molecule has 0 saturated carbocycles. The molecule has 0 amide bonds. The molecule has 1 aromatic rings. The summed E-state index contributed by atoms with van der Waals surface area (Å²) in [6, 6.07) is 4.73. The molecule has 0 aliphatic heterocycles. The topological polar surface area (TPSA) is 69.2 Å². The van der Waals surface area contributed by atoms with Crippen LogP contribution in [0.5, 0.6) is 0 Å². The van der Waals surface area contributed by atoms with Crippen LogP contribution in [0.15, 0.2) is 18.2 Å². The van der Waals surface area contributed by atoms with Crippen molar-refractivity contribution in [2.24, 2.45) is 5.73 Å². The number of halogens is 1. The average molecular weight is 306 g/mol. The summed E-state index contributed by atoms with van der Waals surface area (Å²) in [5.74, 6) is 0. The van der Waals surface area contributed by atoms with Crippen LogP contribution in [0.4, 0.5) is 5.69 Å². The van der Waals surface area contributed by atoms with Crippen molar-refractivity contribution in [3.05, 3.63) is 37.4 Å². The minimum Gasteiger partial charge on any atom is -0.324 e. The van der Waals surface area contributed by atoms with Crippen LogP contribution in [-0.4, -0.2) is 4.92 Å². The van der Waals surface area contributed by atoms with Crippen molar-refractivity contribution >= 4 is 28.3 Å². The molecule has 1 atom stereocenters. The molecule has 0 aliphatic carbocycles. The van der Waals surface area contributed by atoms with Crippen LogP contribution < -0.4 is 5.73 Å². The fourth-order valence-corrected chi connectivity index (χ4v) is 2.05. The minimum absolute atomic E-state index is 0.0392. The Balaban J connectivity index is 3.07. The highest BCUT2D eigenvalue weighted by Crippen LogP contribution is 2.24. The third kappa shape index (κ3) is 2.42. The summed E-state index contributed by atoms with van der Waals surface area (Å²) >= 11 is 2.07. The summed E-state index contributed by atoms with van der Waals surface area (Å²) in [6.45, 7) is 1.99. The SMILES string of the molecule is CC[C@H](N)c1ccc([N+](=O)[O-])cc1I. The normalized spacial score (nSPS) is 12.5. The van der Waals surface area contributed by atoms with Gasteiger partial charge >= 0.3 is 0 Å². The highest BCUT2D eigenvalue weighted by atomic mass is 127. The van der Waals surface area contributed by atoms with Gasteiger partial charge in [0.2, 0.25) is 0 Å². The molecule has 2 N–H and O–H groups in total. The lowest BCUT2D eigenvalue weighted by atomic mass is 10.1. The molecule has 0 fully saturated rings. The highest BCUT2D eigenvalue weighted by Gasteiger charge is 2.12. The Hall–Kier alpha value is -0.690. The lowest BCUT2D eigenvalue weighted by Crippen LogP contribution is -2.10. The van der Waals surface area contributed by atoms with Gasteiger partial charge in [-0.25, -0.2) is 0 Å². The Morgan fingerprint density at radius 2 is 2.29 bits per heavy atom. The highest BCUT2D eigenvalue weighted by molar-refractivity contribution is 14.1. The molecule has 0 saturated heterocycles. The van der Waals surface area contributed by atoms with Gasteiger partial charge in [0.15, 0.2) is 0 Å². The fraction of sp³-hybridized carbons (Fsp3) is 0.333. The molecule has 4 nitrogen and oxygen atoms in total. The lowest BCUT2D eigenvalue weighted by molar-refractivity contribution is -0.385. The summed E-state index contributed by atoms with van der Waals surface area (Å²) in [5.41, 5.74) is 6.93. The van der Waals surface area contributed by atoms with E-state index in [2.05, 4.69) is 22.6 Å². The first-order valence-electron chi connectivity index (χ1n) is 4.25. The second-order valence-corrected chi connectivity index (χ2v) is 4.14. The number of non-ortho nitro benzene ring substituents is 1. The summed E-state index contributed by atoms with van der Waals surface area (Å²) in [7, 11) is 0. The smallest absolute Gasteiger partial charge is 0.270 e. The van der Waals surface area contributed by atoms with E-state index in [4.69, 9.17) is 5.73 Å². The van der Waals surface area contributed by atoms with Crippen LogP contribution in [0.2, 0.25) is 0 Å². The first-order valence-corrected chi connectivity index (χ1v) is 5.33. The molecule has 14 heavy (non-hydrogen) atoms. The Labute approximate surface area is 95.8 Å². The third-order valence-electron chi connectivity index (χ3n) is 2.03. The van der Waals surface area contributed by atoms with Gasteiger partial charge in [0.1, 0.15) is 0 Å². The predicted molar refractivity (Wildman–Crippen MR) is 63.0 cm³/mol. The van der Waals surface area contributed by atoms with E-state index in [0.29, 0.717) is 0 Å². The molecule has 0 heterocycles. The number of nitrogens with two attached hydrogens (primary N) is 1. The van der Waals surface area contributed by atoms with Crippen molar-refractivity contribution < 1.29 is 4.92 Å². The van der Waals surface area contributed by atoms with E-state index in [0.717, 1.165) is 15.6 Å². The molecule has 76 valence electrons. The molecule has 1 rings (SSSR count). The third-order valence-corrected chi connectivity index (χ3v) is 2.97. The van der Waals surface area contributed by atoms with Gasteiger partial charge in [0.05, 0.1) is 4.92 Å². The molecular weight excluding hydrogens is 295 g/mol. The van der Waals surface area contributed by atoms with Crippen molar-refractivity contribution in [1.82, 2.24) is 0 Å². The molecule has 1 aromatic carbocycles. The molecule has 0 aliphatic rings. The zero-order chi connectivity index (χ0) is 10.7. The van der Waals surface area contributed by atoms with Crippen LogP contribution in [-0.2, 0) is 0 Å². The van der Waals surface area contributed by atoms with E-state index in [1.54, 1.807) is 12.1 Å². The second kappa shape index (κ2) is 4.70. The van der Waals surface area contributed by atoms with Crippen LogP contribution in [0.3, 0.4) is 0 Å². The monoisotopic (exact) mass is 306 g/mol. The van der Waals surface area contributed by atoms with Gasteiger partial charge < -0.3 is 5.73 Å². The average Bonchev–Trinajstić information content (AvgIpc) is 2.16.